The maximum Gasteiger partial charge on any atom is 0.194 e. The fourth-order valence-corrected chi connectivity index (χ4v) is 3.17. The second-order valence-electron chi connectivity index (χ2n) is 6.33. The van der Waals surface area contributed by atoms with Gasteiger partial charge in [0.05, 0.1) is 19.9 Å². The molecule has 0 amide bonds. The van der Waals surface area contributed by atoms with Crippen LogP contribution < -0.4 is 14.8 Å². The maximum atomic E-state index is 5.47. The van der Waals surface area contributed by atoms with E-state index in [1.807, 2.05) is 31.3 Å². The fourth-order valence-electron chi connectivity index (χ4n) is 3.17. The van der Waals surface area contributed by atoms with Gasteiger partial charge in [0.2, 0.25) is 0 Å². The SMILES string of the molecule is CN=C(NCc1ccc(OC)cc1OC)N1CCN(Cc2ccon2)CC1. The minimum Gasteiger partial charge on any atom is -0.497 e. The zero-order valence-corrected chi connectivity index (χ0v) is 16.1. The topological polar surface area (TPSA) is 75.4 Å². The largest absolute Gasteiger partial charge is 0.497 e. The molecule has 8 nitrogen and oxygen atoms in total. The van der Waals surface area contributed by atoms with Gasteiger partial charge in [-0.15, -0.1) is 0 Å². The predicted octanol–water partition coefficient (Wildman–Crippen LogP) is 1.58. The lowest BCUT2D eigenvalue weighted by atomic mass is 10.2. The van der Waals surface area contributed by atoms with Crippen LogP contribution in [0, 0.1) is 0 Å². The smallest absolute Gasteiger partial charge is 0.194 e. The summed E-state index contributed by atoms with van der Waals surface area (Å²) in [5.74, 6) is 2.48. The van der Waals surface area contributed by atoms with Crippen molar-refractivity contribution >= 4 is 5.96 Å². The Balaban J connectivity index is 1.53. The van der Waals surface area contributed by atoms with Gasteiger partial charge < -0.3 is 24.2 Å². The number of aromatic nitrogens is 1. The molecule has 1 N–H and O–H groups in total. The van der Waals surface area contributed by atoms with Crippen LogP contribution in [0.5, 0.6) is 11.5 Å². The standard InChI is InChI=1S/C19H27N5O3/c1-20-19(21-13-15-4-5-17(25-2)12-18(15)26-3)24-9-7-23(8-10-24)14-16-6-11-27-22-16/h4-6,11-12H,7-10,13-14H2,1-3H3,(H,20,21). The van der Waals surface area contributed by atoms with Gasteiger partial charge in [-0.25, -0.2) is 0 Å². The first-order valence-corrected chi connectivity index (χ1v) is 9.01. The number of benzene rings is 1. The van der Waals surface area contributed by atoms with E-state index >= 15 is 0 Å². The summed E-state index contributed by atoms with van der Waals surface area (Å²) in [6.07, 6.45) is 1.62. The van der Waals surface area contributed by atoms with Crippen molar-refractivity contribution in [3.05, 3.63) is 41.8 Å². The molecule has 1 aliphatic rings. The molecule has 146 valence electrons. The number of nitrogens with one attached hydrogen (secondary N) is 1. The van der Waals surface area contributed by atoms with Gasteiger partial charge in [-0.3, -0.25) is 9.89 Å². The molecule has 0 unspecified atom stereocenters. The van der Waals surface area contributed by atoms with E-state index in [1.165, 1.54) is 0 Å². The molecule has 0 spiro atoms. The number of ether oxygens (including phenoxy) is 2. The third kappa shape index (κ3) is 4.91. The number of rotatable bonds is 6. The van der Waals surface area contributed by atoms with Crippen LogP contribution in [0.15, 0.2) is 40.0 Å². The highest BCUT2D eigenvalue weighted by Crippen LogP contribution is 2.24. The number of aliphatic imine (C=N–C) groups is 1. The van der Waals surface area contributed by atoms with Gasteiger partial charge in [-0.2, -0.15) is 0 Å². The lowest BCUT2D eigenvalue weighted by molar-refractivity contribution is 0.169. The normalized spacial score (nSPS) is 15.7. The highest BCUT2D eigenvalue weighted by Gasteiger charge is 2.20. The summed E-state index contributed by atoms with van der Waals surface area (Å²) in [5, 5.41) is 7.42. The maximum absolute atomic E-state index is 5.47. The van der Waals surface area contributed by atoms with Gasteiger partial charge in [-0.05, 0) is 12.1 Å². The fraction of sp³-hybridized carbons (Fsp3) is 0.474. The van der Waals surface area contributed by atoms with Gasteiger partial charge in [0.1, 0.15) is 17.8 Å². The quantitative estimate of drug-likeness (QED) is 0.609. The van der Waals surface area contributed by atoms with Crippen LogP contribution in [0.2, 0.25) is 0 Å². The van der Waals surface area contributed by atoms with Gasteiger partial charge >= 0.3 is 0 Å². The Kier molecular flexibility index (Phi) is 6.54. The molecule has 1 aliphatic heterocycles. The summed E-state index contributed by atoms with van der Waals surface area (Å²) in [6.45, 7) is 5.20. The lowest BCUT2D eigenvalue weighted by Gasteiger charge is -2.36. The second kappa shape index (κ2) is 9.27. The third-order valence-electron chi connectivity index (χ3n) is 4.69. The van der Waals surface area contributed by atoms with Gasteiger partial charge in [0.25, 0.3) is 0 Å². The predicted molar refractivity (Wildman–Crippen MR) is 103 cm³/mol. The summed E-state index contributed by atoms with van der Waals surface area (Å²) in [6, 6.07) is 7.75. The highest BCUT2D eigenvalue weighted by molar-refractivity contribution is 5.80. The van der Waals surface area contributed by atoms with Crippen molar-refractivity contribution in [3.63, 3.8) is 0 Å². The van der Waals surface area contributed by atoms with Crippen molar-refractivity contribution in [2.75, 3.05) is 47.4 Å². The number of hydrogen-bond donors (Lipinski definition) is 1. The van der Waals surface area contributed by atoms with Gasteiger partial charge in [-0.1, -0.05) is 5.16 Å². The minimum atomic E-state index is 0.638. The summed E-state index contributed by atoms with van der Waals surface area (Å²) in [5.41, 5.74) is 2.03. The van der Waals surface area contributed by atoms with Crippen LogP contribution in [0.25, 0.3) is 0 Å². The molecule has 2 aromatic rings. The molecular formula is C19H27N5O3. The summed E-state index contributed by atoms with van der Waals surface area (Å²) in [7, 11) is 5.13. The Labute approximate surface area is 159 Å². The second-order valence-corrected chi connectivity index (χ2v) is 6.33. The average molecular weight is 373 g/mol. The molecule has 0 atom stereocenters. The first-order chi connectivity index (χ1) is 13.2. The summed E-state index contributed by atoms with van der Waals surface area (Å²) in [4.78, 5) is 9.08. The number of nitrogens with zero attached hydrogens (tertiary/aromatic N) is 4. The van der Waals surface area contributed by atoms with E-state index in [0.29, 0.717) is 6.54 Å². The number of guanidine groups is 1. The molecule has 0 saturated carbocycles. The Bertz CT molecular complexity index is 740. The average Bonchev–Trinajstić information content (AvgIpc) is 3.22. The third-order valence-corrected chi connectivity index (χ3v) is 4.69. The Morgan fingerprint density at radius 3 is 2.63 bits per heavy atom. The van der Waals surface area contributed by atoms with E-state index in [2.05, 4.69) is 25.3 Å². The molecule has 1 aromatic carbocycles. The molecule has 1 saturated heterocycles. The molecule has 27 heavy (non-hydrogen) atoms. The minimum absolute atomic E-state index is 0.638. The highest BCUT2D eigenvalue weighted by atomic mass is 16.5. The van der Waals surface area contributed by atoms with E-state index in [0.717, 1.165) is 61.4 Å². The monoisotopic (exact) mass is 373 g/mol. The lowest BCUT2D eigenvalue weighted by Crippen LogP contribution is -2.52. The first-order valence-electron chi connectivity index (χ1n) is 9.01. The van der Waals surface area contributed by atoms with Crippen molar-refractivity contribution < 1.29 is 14.0 Å². The Morgan fingerprint density at radius 1 is 1.19 bits per heavy atom. The molecule has 1 aromatic heterocycles. The van der Waals surface area contributed by atoms with E-state index in [1.54, 1.807) is 20.5 Å². The number of hydrogen-bond acceptors (Lipinski definition) is 6. The van der Waals surface area contributed by atoms with Crippen LogP contribution in [0.1, 0.15) is 11.3 Å². The van der Waals surface area contributed by atoms with Crippen molar-refractivity contribution in [1.29, 1.82) is 0 Å². The molecule has 0 radical (unpaired) electrons. The summed E-state index contributed by atoms with van der Waals surface area (Å²) >= 11 is 0. The van der Waals surface area contributed by atoms with Crippen LogP contribution in [0.4, 0.5) is 0 Å². The van der Waals surface area contributed by atoms with E-state index in [4.69, 9.17) is 14.0 Å². The van der Waals surface area contributed by atoms with Gasteiger partial charge in [0.15, 0.2) is 5.96 Å². The molecule has 0 bridgehead atoms. The van der Waals surface area contributed by atoms with E-state index < -0.39 is 0 Å². The van der Waals surface area contributed by atoms with Crippen LogP contribution in [0.3, 0.4) is 0 Å². The van der Waals surface area contributed by atoms with Crippen LogP contribution in [-0.2, 0) is 13.1 Å². The van der Waals surface area contributed by atoms with Crippen molar-refractivity contribution in [2.45, 2.75) is 13.1 Å². The van der Waals surface area contributed by atoms with E-state index in [-0.39, 0.29) is 0 Å². The molecule has 1 fully saturated rings. The van der Waals surface area contributed by atoms with Crippen LogP contribution in [-0.4, -0.2) is 68.4 Å². The zero-order valence-electron chi connectivity index (χ0n) is 16.1. The first kappa shape index (κ1) is 19.0. The van der Waals surface area contributed by atoms with Gasteiger partial charge in [0, 0.05) is 64.0 Å². The van der Waals surface area contributed by atoms with Crippen molar-refractivity contribution in [3.8, 4) is 11.5 Å². The summed E-state index contributed by atoms with van der Waals surface area (Å²) < 4.78 is 15.6. The molecular weight excluding hydrogens is 346 g/mol. The number of piperazine rings is 1. The molecule has 8 heteroatoms. The van der Waals surface area contributed by atoms with Crippen molar-refractivity contribution in [2.24, 2.45) is 4.99 Å². The zero-order chi connectivity index (χ0) is 19.1. The molecule has 3 rings (SSSR count). The van der Waals surface area contributed by atoms with E-state index in [9.17, 15) is 0 Å². The molecule has 0 aliphatic carbocycles. The van der Waals surface area contributed by atoms with Crippen molar-refractivity contribution in [1.82, 2.24) is 20.3 Å². The van der Waals surface area contributed by atoms with Crippen LogP contribution >= 0.6 is 0 Å². The Hall–Kier alpha value is -2.74. The molecule has 2 heterocycles. The Morgan fingerprint density at radius 2 is 2.00 bits per heavy atom. The number of methoxy groups -OCH3 is 2.